The second-order valence-corrected chi connectivity index (χ2v) is 4.03. The molecule has 0 aliphatic heterocycles. The molecule has 1 N–H and O–H groups in total. The van der Waals surface area contributed by atoms with Gasteiger partial charge in [0, 0.05) is 0 Å². The Morgan fingerprint density at radius 2 is 1.83 bits per heavy atom. The Kier molecular flexibility index (Phi) is 5.66. The first-order chi connectivity index (χ1) is 8.11. The van der Waals surface area contributed by atoms with E-state index < -0.39 is 11.9 Å². The molecule has 1 unspecified atom stereocenters. The predicted molar refractivity (Wildman–Crippen MR) is 74.5 cm³/mol. The van der Waals surface area contributed by atoms with Crippen LogP contribution in [0.1, 0.15) is 21.3 Å². The molecule has 0 saturated heterocycles. The molecule has 92 valence electrons. The first-order valence-corrected chi connectivity index (χ1v) is 5.42. The Labute approximate surface area is 146 Å². The van der Waals surface area contributed by atoms with Crippen molar-refractivity contribution in [3.8, 4) is 5.75 Å². The summed E-state index contributed by atoms with van der Waals surface area (Å²) in [5.41, 5.74) is 0.815. The zero-order valence-electron chi connectivity index (χ0n) is 12.5. The van der Waals surface area contributed by atoms with Crippen molar-refractivity contribution in [2.75, 3.05) is 7.11 Å². The van der Waals surface area contributed by atoms with Gasteiger partial charge in [-0.3, -0.25) is 4.79 Å². The number of benzene rings is 2. The summed E-state index contributed by atoms with van der Waals surface area (Å²) in [6.07, 6.45) is 0. The zero-order chi connectivity index (χ0) is 12.4. The zero-order valence-corrected chi connectivity index (χ0v) is 14.0. The predicted octanol–water partition coefficient (Wildman–Crippen LogP) is 2.88. The van der Waals surface area contributed by atoms with Crippen LogP contribution >= 0.6 is 0 Å². The summed E-state index contributed by atoms with van der Waals surface area (Å²) in [6, 6.07) is 11.4. The van der Waals surface area contributed by atoms with Crippen molar-refractivity contribution in [2.24, 2.45) is 0 Å². The number of hydrogen-bond acceptors (Lipinski definition) is 2. The quantitative estimate of drug-likeness (QED) is 0.885. The summed E-state index contributed by atoms with van der Waals surface area (Å²) in [5.74, 6) is -0.490. The number of carboxylic acid groups (broad SMARTS) is 1. The number of methoxy groups -OCH3 is 1. The number of ether oxygens (including phenoxy) is 1. The molecule has 4 heteroatoms. The molecular weight excluding hydrogens is 304 g/mol. The molecule has 0 aliphatic rings. The maximum absolute atomic E-state index is 10.9. The third-order valence-electron chi connectivity index (χ3n) is 2.94. The molecule has 0 spiro atoms. The standard InChI is InChI=1S/C14H14O3.Sr.2H/c1-9(14(15)16)10-3-4-12-8-13(17-2)6-5-11(12)7-10;;;/h3-9H,1-2H3,(H,15,16);;;/q;+2;2*-1. The van der Waals surface area contributed by atoms with Crippen LogP contribution in [0.25, 0.3) is 10.8 Å². The Bertz CT molecular complexity index is 575. The molecule has 0 aliphatic carbocycles. The minimum atomic E-state index is -0.808. The van der Waals surface area contributed by atoms with Gasteiger partial charge < -0.3 is 12.7 Å². The van der Waals surface area contributed by atoms with Gasteiger partial charge in [0.25, 0.3) is 0 Å². The molecule has 0 heterocycles. The van der Waals surface area contributed by atoms with Crippen LogP contribution in [-0.4, -0.2) is 63.7 Å². The second kappa shape index (κ2) is 6.57. The molecule has 2 aromatic carbocycles. The molecule has 0 bridgehead atoms. The Morgan fingerprint density at radius 1 is 1.22 bits per heavy atom. The van der Waals surface area contributed by atoms with E-state index in [4.69, 9.17) is 9.84 Å². The van der Waals surface area contributed by atoms with E-state index in [2.05, 4.69) is 0 Å². The van der Waals surface area contributed by atoms with Gasteiger partial charge in [0.15, 0.2) is 0 Å². The van der Waals surface area contributed by atoms with Gasteiger partial charge >= 0.3 is 51.5 Å². The van der Waals surface area contributed by atoms with Crippen molar-refractivity contribution in [3.63, 3.8) is 0 Å². The van der Waals surface area contributed by atoms with E-state index in [0.717, 1.165) is 22.1 Å². The summed E-state index contributed by atoms with van der Waals surface area (Å²) >= 11 is 0. The van der Waals surface area contributed by atoms with Crippen molar-refractivity contribution in [1.29, 1.82) is 0 Å². The number of carboxylic acids is 1. The summed E-state index contributed by atoms with van der Waals surface area (Å²) < 4.78 is 5.14. The van der Waals surface area contributed by atoms with Gasteiger partial charge in [-0.05, 0) is 35.4 Å². The van der Waals surface area contributed by atoms with Crippen LogP contribution < -0.4 is 4.74 Å². The monoisotopic (exact) mass is 320 g/mol. The van der Waals surface area contributed by atoms with Gasteiger partial charge in [-0.25, -0.2) is 0 Å². The van der Waals surface area contributed by atoms with Gasteiger partial charge in [0.1, 0.15) is 5.75 Å². The van der Waals surface area contributed by atoms with Crippen LogP contribution in [0.15, 0.2) is 36.4 Å². The van der Waals surface area contributed by atoms with Crippen molar-refractivity contribution >= 4 is 62.2 Å². The van der Waals surface area contributed by atoms with Crippen LogP contribution in [0, 0.1) is 0 Å². The first kappa shape index (κ1) is 15.5. The molecule has 18 heavy (non-hydrogen) atoms. The fourth-order valence-electron chi connectivity index (χ4n) is 1.78. The van der Waals surface area contributed by atoms with E-state index >= 15 is 0 Å². The van der Waals surface area contributed by atoms with Gasteiger partial charge in [-0.1, -0.05) is 24.3 Å². The van der Waals surface area contributed by atoms with Gasteiger partial charge in [-0.15, -0.1) is 0 Å². The van der Waals surface area contributed by atoms with Crippen LogP contribution in [-0.2, 0) is 4.79 Å². The van der Waals surface area contributed by atoms with Gasteiger partial charge in [-0.2, -0.15) is 0 Å². The normalized spacial score (nSPS) is 11.7. The fourth-order valence-corrected chi connectivity index (χ4v) is 1.78. The number of rotatable bonds is 3. The van der Waals surface area contributed by atoms with E-state index in [0.29, 0.717) is 0 Å². The SMILES string of the molecule is COc1ccc2cc(C(C)C(=O)O)ccc2c1.[H-].[H-].[Sr+2]. The first-order valence-electron chi connectivity index (χ1n) is 5.42. The van der Waals surface area contributed by atoms with Gasteiger partial charge in [0.05, 0.1) is 13.0 Å². The van der Waals surface area contributed by atoms with Crippen molar-refractivity contribution in [3.05, 3.63) is 42.0 Å². The van der Waals surface area contributed by atoms with Crippen molar-refractivity contribution < 1.29 is 17.5 Å². The van der Waals surface area contributed by atoms with E-state index in [1.807, 2.05) is 36.4 Å². The molecule has 0 amide bonds. The van der Waals surface area contributed by atoms with Crippen LogP contribution in [0.4, 0.5) is 0 Å². The van der Waals surface area contributed by atoms with E-state index in [1.165, 1.54) is 0 Å². The van der Waals surface area contributed by atoms with E-state index in [1.54, 1.807) is 14.0 Å². The summed E-state index contributed by atoms with van der Waals surface area (Å²) in [4.78, 5) is 10.9. The molecule has 0 radical (unpaired) electrons. The van der Waals surface area contributed by atoms with Gasteiger partial charge in [0.2, 0.25) is 0 Å². The topological polar surface area (TPSA) is 46.5 Å². The van der Waals surface area contributed by atoms with Crippen LogP contribution in [0.2, 0.25) is 0 Å². The molecule has 0 fully saturated rings. The summed E-state index contributed by atoms with van der Waals surface area (Å²) in [7, 11) is 1.63. The number of hydrogen-bond donors (Lipinski definition) is 1. The minimum absolute atomic E-state index is 0. The largest absolute Gasteiger partial charge is 2.00 e. The Morgan fingerprint density at radius 3 is 2.44 bits per heavy atom. The number of aliphatic carboxylic acids is 1. The van der Waals surface area contributed by atoms with E-state index in [9.17, 15) is 4.79 Å². The third kappa shape index (κ3) is 3.26. The average molecular weight is 320 g/mol. The minimum Gasteiger partial charge on any atom is -1.00 e. The van der Waals surface area contributed by atoms with Crippen LogP contribution in [0.5, 0.6) is 5.75 Å². The summed E-state index contributed by atoms with van der Waals surface area (Å²) in [5, 5.41) is 11.0. The molecular formula is C14H16O3Sr. The molecule has 1 atom stereocenters. The molecule has 0 saturated carbocycles. The Hall–Kier alpha value is -0.549. The van der Waals surface area contributed by atoms with E-state index in [-0.39, 0.29) is 48.3 Å². The Balaban J connectivity index is 0. The molecule has 0 aromatic heterocycles. The number of fused-ring (bicyclic) bond motifs is 1. The molecule has 3 nitrogen and oxygen atoms in total. The smallest absolute Gasteiger partial charge is 1.00 e. The second-order valence-electron chi connectivity index (χ2n) is 4.03. The maximum atomic E-state index is 10.9. The van der Waals surface area contributed by atoms with Crippen LogP contribution in [0.3, 0.4) is 0 Å². The fraction of sp³-hybridized carbons (Fsp3) is 0.214. The molecule has 2 rings (SSSR count). The third-order valence-corrected chi connectivity index (χ3v) is 2.94. The molecule has 2 aromatic rings. The maximum Gasteiger partial charge on any atom is 2.00 e. The average Bonchev–Trinajstić information content (AvgIpc) is 2.36. The summed E-state index contributed by atoms with van der Waals surface area (Å²) in [6.45, 7) is 1.69. The number of carbonyl (C=O) groups is 1. The van der Waals surface area contributed by atoms with Crippen molar-refractivity contribution in [2.45, 2.75) is 12.8 Å². The van der Waals surface area contributed by atoms with Crippen molar-refractivity contribution in [1.82, 2.24) is 0 Å².